The third kappa shape index (κ3) is 4.83. The summed E-state index contributed by atoms with van der Waals surface area (Å²) in [6, 6.07) is 9.22. The zero-order valence-electron chi connectivity index (χ0n) is 14.4. The first-order chi connectivity index (χ1) is 11.5. The van der Waals surface area contributed by atoms with Crippen molar-refractivity contribution in [3.63, 3.8) is 0 Å². The third-order valence-electron chi connectivity index (χ3n) is 3.96. The van der Waals surface area contributed by atoms with E-state index in [9.17, 15) is 9.90 Å². The monoisotopic (exact) mass is 331 g/mol. The van der Waals surface area contributed by atoms with Crippen LogP contribution < -0.4 is 10.6 Å². The van der Waals surface area contributed by atoms with Gasteiger partial charge in [0, 0.05) is 18.5 Å². The van der Waals surface area contributed by atoms with E-state index >= 15 is 0 Å². The smallest absolute Gasteiger partial charge is 0.315 e. The second kappa shape index (κ2) is 8.49. The molecule has 6 heteroatoms. The Bertz CT molecular complexity index is 635. The van der Waals surface area contributed by atoms with Gasteiger partial charge in [0.15, 0.2) is 0 Å². The lowest BCUT2D eigenvalue weighted by Gasteiger charge is -2.18. The number of rotatable bonds is 7. The number of aromatic nitrogens is 1. The van der Waals surface area contributed by atoms with E-state index in [2.05, 4.69) is 15.8 Å². The Labute approximate surface area is 142 Å². The van der Waals surface area contributed by atoms with Gasteiger partial charge in [-0.1, -0.05) is 42.4 Å². The number of aryl methyl sites for hydroxylation is 2. The van der Waals surface area contributed by atoms with Gasteiger partial charge in [-0.25, -0.2) is 4.79 Å². The van der Waals surface area contributed by atoms with Crippen molar-refractivity contribution in [2.24, 2.45) is 0 Å². The lowest BCUT2D eigenvalue weighted by molar-refractivity contribution is 0.170. The van der Waals surface area contributed by atoms with Gasteiger partial charge >= 0.3 is 6.03 Å². The summed E-state index contributed by atoms with van der Waals surface area (Å²) in [5, 5.41) is 19.6. The highest BCUT2D eigenvalue weighted by atomic mass is 16.5. The topological polar surface area (TPSA) is 87.4 Å². The second-order valence-corrected chi connectivity index (χ2v) is 5.90. The van der Waals surface area contributed by atoms with Crippen molar-refractivity contribution in [2.75, 3.05) is 6.54 Å². The molecular weight excluding hydrogens is 306 g/mol. The molecule has 0 saturated heterocycles. The fourth-order valence-electron chi connectivity index (χ4n) is 2.74. The van der Waals surface area contributed by atoms with E-state index in [-0.39, 0.29) is 18.6 Å². The number of carbonyl (C=O) groups is 1. The number of carbonyl (C=O) groups excluding carboxylic acids is 1. The zero-order valence-corrected chi connectivity index (χ0v) is 14.4. The summed E-state index contributed by atoms with van der Waals surface area (Å²) in [6.45, 7) is 5.87. The second-order valence-electron chi connectivity index (χ2n) is 5.90. The summed E-state index contributed by atoms with van der Waals surface area (Å²) in [5.74, 6) is 0.712. The van der Waals surface area contributed by atoms with Crippen molar-refractivity contribution in [3.8, 4) is 0 Å². The normalized spacial score (nSPS) is 13.3. The minimum Gasteiger partial charge on any atom is -0.391 e. The van der Waals surface area contributed by atoms with Gasteiger partial charge in [0.25, 0.3) is 0 Å². The summed E-state index contributed by atoms with van der Waals surface area (Å²) >= 11 is 0. The lowest BCUT2D eigenvalue weighted by atomic mass is 10.0. The molecule has 1 heterocycles. The van der Waals surface area contributed by atoms with Gasteiger partial charge in [0.05, 0.1) is 17.8 Å². The number of aliphatic hydroxyl groups excluding tert-OH is 1. The van der Waals surface area contributed by atoms with Crippen LogP contribution in [0.25, 0.3) is 0 Å². The maximum Gasteiger partial charge on any atom is 0.315 e. The van der Waals surface area contributed by atoms with E-state index < -0.39 is 6.10 Å². The predicted octanol–water partition coefficient (Wildman–Crippen LogP) is 2.65. The van der Waals surface area contributed by atoms with Crippen molar-refractivity contribution in [1.82, 2.24) is 15.8 Å². The van der Waals surface area contributed by atoms with Crippen LogP contribution in [0.3, 0.4) is 0 Å². The Hall–Kier alpha value is -2.34. The van der Waals surface area contributed by atoms with E-state index in [1.807, 2.05) is 51.1 Å². The van der Waals surface area contributed by atoms with Crippen LogP contribution in [-0.4, -0.2) is 28.9 Å². The molecule has 130 valence electrons. The van der Waals surface area contributed by atoms with E-state index in [0.29, 0.717) is 12.2 Å². The number of hydrogen-bond donors (Lipinski definition) is 3. The molecule has 2 aromatic rings. The summed E-state index contributed by atoms with van der Waals surface area (Å²) in [4.78, 5) is 12.1. The minimum absolute atomic E-state index is 0.164. The van der Waals surface area contributed by atoms with Crippen LogP contribution in [0.4, 0.5) is 4.79 Å². The molecule has 0 aliphatic heterocycles. The molecule has 0 bridgehead atoms. The first kappa shape index (κ1) is 18.0. The third-order valence-corrected chi connectivity index (χ3v) is 3.96. The van der Waals surface area contributed by atoms with Crippen molar-refractivity contribution in [1.29, 1.82) is 0 Å². The van der Waals surface area contributed by atoms with Gasteiger partial charge in [-0.3, -0.25) is 0 Å². The number of urea groups is 1. The molecule has 1 aromatic heterocycles. The first-order valence-electron chi connectivity index (χ1n) is 8.20. The highest BCUT2D eigenvalue weighted by molar-refractivity contribution is 5.74. The van der Waals surface area contributed by atoms with Gasteiger partial charge in [-0.05, 0) is 25.8 Å². The average Bonchev–Trinajstić information content (AvgIpc) is 2.90. The molecule has 2 atom stereocenters. The lowest BCUT2D eigenvalue weighted by Crippen LogP contribution is -2.41. The Morgan fingerprint density at radius 1 is 1.29 bits per heavy atom. The fraction of sp³-hybridized carbons (Fsp3) is 0.444. The van der Waals surface area contributed by atoms with Crippen LogP contribution in [0.2, 0.25) is 0 Å². The largest absolute Gasteiger partial charge is 0.391 e. The molecule has 0 radical (unpaired) electrons. The van der Waals surface area contributed by atoms with E-state index in [0.717, 1.165) is 23.2 Å². The zero-order chi connectivity index (χ0) is 17.5. The number of benzene rings is 1. The summed E-state index contributed by atoms with van der Waals surface area (Å²) in [5.41, 5.74) is 2.73. The Morgan fingerprint density at radius 2 is 2.00 bits per heavy atom. The van der Waals surface area contributed by atoms with Crippen LogP contribution in [0, 0.1) is 13.8 Å². The molecule has 24 heavy (non-hydrogen) atoms. The molecule has 0 fully saturated rings. The van der Waals surface area contributed by atoms with Gasteiger partial charge in [0.2, 0.25) is 0 Å². The van der Waals surface area contributed by atoms with Crippen molar-refractivity contribution < 1.29 is 14.4 Å². The van der Waals surface area contributed by atoms with Crippen LogP contribution >= 0.6 is 0 Å². The summed E-state index contributed by atoms with van der Waals surface area (Å²) < 4.78 is 5.16. The van der Waals surface area contributed by atoms with Crippen LogP contribution in [0.5, 0.6) is 0 Å². The van der Waals surface area contributed by atoms with E-state index in [1.165, 1.54) is 0 Å². The highest BCUT2D eigenvalue weighted by Crippen LogP contribution is 2.23. The number of hydrogen-bond acceptors (Lipinski definition) is 4. The Kier molecular flexibility index (Phi) is 6.37. The quantitative estimate of drug-likeness (QED) is 0.728. The Balaban J connectivity index is 1.84. The van der Waals surface area contributed by atoms with Crippen LogP contribution in [0.1, 0.15) is 42.0 Å². The average molecular weight is 331 g/mol. The molecule has 0 aliphatic carbocycles. The molecule has 3 N–H and O–H groups in total. The van der Waals surface area contributed by atoms with Gasteiger partial charge in [0.1, 0.15) is 5.76 Å². The van der Waals surface area contributed by atoms with Crippen LogP contribution in [-0.2, 0) is 6.42 Å². The Morgan fingerprint density at radius 3 is 2.58 bits per heavy atom. The van der Waals surface area contributed by atoms with Crippen molar-refractivity contribution in [2.45, 2.75) is 45.8 Å². The molecular formula is C18H25N3O3. The number of nitrogens with one attached hydrogen (secondary N) is 2. The molecule has 2 amide bonds. The first-order valence-corrected chi connectivity index (χ1v) is 8.20. The molecule has 0 spiro atoms. The number of aliphatic hydroxyl groups is 1. The van der Waals surface area contributed by atoms with Gasteiger partial charge in [-0.15, -0.1) is 0 Å². The summed E-state index contributed by atoms with van der Waals surface area (Å²) in [6.07, 6.45) is 0.600. The standard InChI is InChI=1S/C18H25N3O3/c1-4-16(17-12(2)21-24-13(17)3)20-18(23)19-11-15(22)10-14-8-6-5-7-9-14/h5-9,15-16,22H,4,10-11H2,1-3H3,(H2,19,20,23). The number of amides is 2. The molecule has 2 unspecified atom stereocenters. The maximum atomic E-state index is 12.1. The minimum atomic E-state index is -0.628. The molecule has 6 nitrogen and oxygen atoms in total. The summed E-state index contributed by atoms with van der Waals surface area (Å²) in [7, 11) is 0. The molecule has 1 aromatic carbocycles. The predicted molar refractivity (Wildman–Crippen MR) is 91.7 cm³/mol. The van der Waals surface area contributed by atoms with Gasteiger partial charge in [-0.2, -0.15) is 0 Å². The highest BCUT2D eigenvalue weighted by Gasteiger charge is 2.21. The fourth-order valence-corrected chi connectivity index (χ4v) is 2.74. The SMILES string of the molecule is CCC(NC(=O)NCC(O)Cc1ccccc1)c1c(C)noc1C. The number of nitrogens with zero attached hydrogens (tertiary/aromatic N) is 1. The molecule has 0 saturated carbocycles. The van der Waals surface area contributed by atoms with Gasteiger partial charge < -0.3 is 20.3 Å². The van der Waals surface area contributed by atoms with E-state index in [1.54, 1.807) is 0 Å². The molecule has 2 rings (SSSR count). The van der Waals surface area contributed by atoms with Crippen LogP contribution in [0.15, 0.2) is 34.9 Å². The van der Waals surface area contributed by atoms with E-state index in [4.69, 9.17) is 4.52 Å². The maximum absolute atomic E-state index is 12.1. The molecule has 0 aliphatic rings. The van der Waals surface area contributed by atoms with Crippen molar-refractivity contribution in [3.05, 3.63) is 52.9 Å². The van der Waals surface area contributed by atoms with Crippen molar-refractivity contribution >= 4 is 6.03 Å².